The largest absolute Gasteiger partial charge is 0.418 e. The van der Waals surface area contributed by atoms with Crippen LogP contribution in [0.15, 0.2) is 28.6 Å². The summed E-state index contributed by atoms with van der Waals surface area (Å²) in [7, 11) is 0. The van der Waals surface area contributed by atoms with Crippen LogP contribution in [0.25, 0.3) is 0 Å². The van der Waals surface area contributed by atoms with Crippen LogP contribution in [0.3, 0.4) is 0 Å². The number of nitrogens with one attached hydrogen (secondary N) is 1. The minimum absolute atomic E-state index is 0.262. The second-order valence-corrected chi connectivity index (χ2v) is 6.80. The van der Waals surface area contributed by atoms with Gasteiger partial charge in [0.25, 0.3) is 0 Å². The van der Waals surface area contributed by atoms with Crippen molar-refractivity contribution < 1.29 is 18.0 Å². The molecule has 1 aromatic heterocycles. The molecule has 5 nitrogen and oxygen atoms in total. The minimum Gasteiger partial charge on any atom is -0.374 e. The van der Waals surface area contributed by atoms with Crippen LogP contribution in [0.4, 0.5) is 24.0 Å². The number of carbonyl (C=O) groups excluding carboxylic acids is 1. The molecular weight excluding hydrogens is 337 g/mol. The fraction of sp³-hybridized carbons (Fsp3) is 0.250. The lowest BCUT2D eigenvalue weighted by molar-refractivity contribution is -0.137. The first-order valence-electron chi connectivity index (χ1n) is 6.00. The standard InChI is InChI=1S/C12H11F3N4OS2/c1-6(21-11-19-18-10(16)22-11)9(20)17-8-5-3-2-4-7(8)12(13,14)15/h2-6H,1H3,(H2,16,18)(H,17,20)/t6-/m1/s1. The molecule has 2 aromatic rings. The van der Waals surface area contributed by atoms with Crippen molar-refractivity contribution in [3.8, 4) is 0 Å². The topological polar surface area (TPSA) is 80.9 Å². The molecule has 0 saturated carbocycles. The zero-order valence-electron chi connectivity index (χ0n) is 11.2. The molecule has 1 heterocycles. The molecule has 1 atom stereocenters. The number of amides is 1. The molecule has 0 aliphatic heterocycles. The van der Waals surface area contributed by atoms with Gasteiger partial charge in [0.15, 0.2) is 4.34 Å². The normalized spacial score (nSPS) is 12.9. The highest BCUT2D eigenvalue weighted by Crippen LogP contribution is 2.35. The van der Waals surface area contributed by atoms with Crippen LogP contribution >= 0.6 is 23.1 Å². The van der Waals surface area contributed by atoms with E-state index in [0.29, 0.717) is 4.34 Å². The smallest absolute Gasteiger partial charge is 0.374 e. The number of para-hydroxylation sites is 1. The van der Waals surface area contributed by atoms with Crippen molar-refractivity contribution in [2.75, 3.05) is 11.1 Å². The van der Waals surface area contributed by atoms with Crippen molar-refractivity contribution in [2.45, 2.75) is 22.7 Å². The third kappa shape index (κ3) is 4.10. The molecule has 0 radical (unpaired) electrons. The van der Waals surface area contributed by atoms with E-state index in [9.17, 15) is 18.0 Å². The Morgan fingerprint density at radius 2 is 2.05 bits per heavy atom. The number of carbonyl (C=O) groups is 1. The van der Waals surface area contributed by atoms with Crippen molar-refractivity contribution >= 4 is 39.8 Å². The van der Waals surface area contributed by atoms with Crippen molar-refractivity contribution in [1.82, 2.24) is 10.2 Å². The molecule has 10 heteroatoms. The van der Waals surface area contributed by atoms with E-state index >= 15 is 0 Å². The molecule has 1 aromatic carbocycles. The average molecular weight is 348 g/mol. The maximum atomic E-state index is 12.9. The van der Waals surface area contributed by atoms with E-state index in [4.69, 9.17) is 5.73 Å². The van der Waals surface area contributed by atoms with E-state index in [1.165, 1.54) is 18.2 Å². The summed E-state index contributed by atoms with van der Waals surface area (Å²) in [6.07, 6.45) is -4.53. The second kappa shape index (κ2) is 6.53. The number of nitrogen functional groups attached to an aromatic ring is 1. The lowest BCUT2D eigenvalue weighted by atomic mass is 10.1. The minimum atomic E-state index is -4.53. The summed E-state index contributed by atoms with van der Waals surface area (Å²) < 4.78 is 39.1. The van der Waals surface area contributed by atoms with Crippen molar-refractivity contribution in [3.05, 3.63) is 29.8 Å². The summed E-state index contributed by atoms with van der Waals surface area (Å²) in [5.41, 5.74) is 4.27. The maximum Gasteiger partial charge on any atom is 0.418 e. The van der Waals surface area contributed by atoms with Gasteiger partial charge >= 0.3 is 6.18 Å². The van der Waals surface area contributed by atoms with E-state index in [2.05, 4.69) is 15.5 Å². The van der Waals surface area contributed by atoms with E-state index in [1.807, 2.05) is 0 Å². The fourth-order valence-corrected chi connectivity index (χ4v) is 3.33. The Kier molecular flexibility index (Phi) is 4.91. The number of nitrogens with two attached hydrogens (primary N) is 1. The van der Waals surface area contributed by atoms with Gasteiger partial charge in [-0.2, -0.15) is 13.2 Å². The number of thioether (sulfide) groups is 1. The second-order valence-electron chi connectivity index (χ2n) is 4.20. The number of benzene rings is 1. The number of rotatable bonds is 4. The highest BCUT2D eigenvalue weighted by molar-refractivity contribution is 8.02. The molecule has 2 rings (SSSR count). The number of anilines is 2. The molecule has 0 aliphatic rings. The number of halogens is 3. The van der Waals surface area contributed by atoms with Gasteiger partial charge in [-0.3, -0.25) is 4.79 Å². The number of nitrogens with zero attached hydrogens (tertiary/aromatic N) is 2. The van der Waals surface area contributed by atoms with Crippen LogP contribution in [-0.2, 0) is 11.0 Å². The summed E-state index contributed by atoms with van der Waals surface area (Å²) in [5.74, 6) is -0.560. The Balaban J connectivity index is 2.09. The van der Waals surface area contributed by atoms with Crippen LogP contribution in [0.2, 0.25) is 0 Å². The van der Waals surface area contributed by atoms with Crippen molar-refractivity contribution in [3.63, 3.8) is 0 Å². The SMILES string of the molecule is C[C@@H](Sc1nnc(N)s1)C(=O)Nc1ccccc1C(F)(F)F. The molecule has 1 amide bonds. The van der Waals surface area contributed by atoms with Crippen LogP contribution in [0, 0.1) is 0 Å². The zero-order valence-corrected chi connectivity index (χ0v) is 12.9. The molecule has 0 spiro atoms. The number of hydrogen-bond acceptors (Lipinski definition) is 6. The quantitative estimate of drug-likeness (QED) is 0.829. The number of hydrogen-bond donors (Lipinski definition) is 2. The first kappa shape index (κ1) is 16.6. The third-order valence-electron chi connectivity index (χ3n) is 2.56. The van der Waals surface area contributed by atoms with E-state index in [-0.39, 0.29) is 10.8 Å². The maximum absolute atomic E-state index is 12.9. The van der Waals surface area contributed by atoms with E-state index in [0.717, 1.165) is 29.2 Å². The van der Waals surface area contributed by atoms with Crippen LogP contribution in [0.1, 0.15) is 12.5 Å². The van der Waals surface area contributed by atoms with Gasteiger partial charge in [0.05, 0.1) is 16.5 Å². The Labute approximate surface area is 132 Å². The Hall–Kier alpha value is -1.81. The molecule has 118 valence electrons. The lowest BCUT2D eigenvalue weighted by Gasteiger charge is -2.15. The van der Waals surface area contributed by atoms with Gasteiger partial charge in [-0.25, -0.2) is 0 Å². The van der Waals surface area contributed by atoms with Crippen molar-refractivity contribution in [1.29, 1.82) is 0 Å². The highest BCUT2D eigenvalue weighted by Gasteiger charge is 2.33. The summed E-state index contributed by atoms with van der Waals surface area (Å²) >= 11 is 2.18. The summed E-state index contributed by atoms with van der Waals surface area (Å²) in [6, 6.07) is 4.81. The van der Waals surface area contributed by atoms with E-state index < -0.39 is 22.9 Å². The molecular formula is C12H11F3N4OS2. The van der Waals surface area contributed by atoms with Gasteiger partial charge in [-0.15, -0.1) is 10.2 Å². The van der Waals surface area contributed by atoms with Gasteiger partial charge in [-0.1, -0.05) is 35.2 Å². The predicted octanol–water partition coefficient (Wildman–Crippen LogP) is 3.26. The summed E-state index contributed by atoms with van der Waals surface area (Å²) in [5, 5.41) is 9.26. The number of aromatic nitrogens is 2. The Morgan fingerprint density at radius 3 is 2.64 bits per heavy atom. The average Bonchev–Trinajstić information content (AvgIpc) is 2.83. The van der Waals surface area contributed by atoms with Gasteiger partial charge in [-0.05, 0) is 19.1 Å². The highest BCUT2D eigenvalue weighted by atomic mass is 32.2. The third-order valence-corrected chi connectivity index (χ3v) is 4.50. The van der Waals surface area contributed by atoms with Crippen LogP contribution < -0.4 is 11.1 Å². The monoisotopic (exact) mass is 348 g/mol. The Bertz CT molecular complexity index is 674. The molecule has 0 bridgehead atoms. The van der Waals surface area contributed by atoms with Gasteiger partial charge in [0, 0.05) is 0 Å². The van der Waals surface area contributed by atoms with Crippen LogP contribution in [0.5, 0.6) is 0 Å². The summed E-state index contributed by atoms with van der Waals surface area (Å²) in [4.78, 5) is 12.0. The fourth-order valence-electron chi connectivity index (χ4n) is 1.55. The van der Waals surface area contributed by atoms with Gasteiger partial charge < -0.3 is 11.1 Å². The molecule has 0 saturated heterocycles. The molecule has 0 aliphatic carbocycles. The molecule has 0 fully saturated rings. The number of alkyl halides is 3. The van der Waals surface area contributed by atoms with Gasteiger partial charge in [0.1, 0.15) is 0 Å². The predicted molar refractivity (Wildman–Crippen MR) is 79.7 cm³/mol. The first-order chi connectivity index (χ1) is 10.3. The van der Waals surface area contributed by atoms with E-state index in [1.54, 1.807) is 6.92 Å². The lowest BCUT2D eigenvalue weighted by Crippen LogP contribution is -2.24. The molecule has 3 N–H and O–H groups in total. The molecule has 22 heavy (non-hydrogen) atoms. The van der Waals surface area contributed by atoms with Crippen LogP contribution in [-0.4, -0.2) is 21.4 Å². The molecule has 0 unspecified atom stereocenters. The van der Waals surface area contributed by atoms with Crippen molar-refractivity contribution in [2.24, 2.45) is 0 Å². The first-order valence-corrected chi connectivity index (χ1v) is 7.69. The zero-order chi connectivity index (χ0) is 16.3. The Morgan fingerprint density at radius 1 is 1.36 bits per heavy atom. The van der Waals surface area contributed by atoms with Gasteiger partial charge in [0.2, 0.25) is 11.0 Å². The summed E-state index contributed by atoms with van der Waals surface area (Å²) in [6.45, 7) is 1.56.